The summed E-state index contributed by atoms with van der Waals surface area (Å²) < 4.78 is 38.1. The molecule has 7 heteroatoms. The molecule has 1 aliphatic rings. The monoisotopic (exact) mass is 374 g/mol. The lowest BCUT2D eigenvalue weighted by Gasteiger charge is -2.07. The number of anilines is 1. The lowest BCUT2D eigenvalue weighted by Crippen LogP contribution is -2.25. The average Bonchev–Trinajstić information content (AvgIpc) is 3.44. The van der Waals surface area contributed by atoms with E-state index >= 15 is 0 Å². The minimum Gasteiger partial charge on any atom is -0.349 e. The highest BCUT2D eigenvalue weighted by Gasteiger charge is 2.30. The van der Waals surface area contributed by atoms with Gasteiger partial charge in [0, 0.05) is 23.4 Å². The molecule has 1 fully saturated rings. The molecule has 0 spiro atoms. The summed E-state index contributed by atoms with van der Waals surface area (Å²) in [6.45, 7) is 0. The summed E-state index contributed by atoms with van der Waals surface area (Å²) in [5.74, 6) is -0.637. The highest BCUT2D eigenvalue weighted by molar-refractivity contribution is 6.02. The molecule has 0 aliphatic heterocycles. The van der Waals surface area contributed by atoms with E-state index in [4.69, 9.17) is 0 Å². The van der Waals surface area contributed by atoms with Gasteiger partial charge in [-0.25, -0.2) is 0 Å². The Morgan fingerprint density at radius 3 is 2.37 bits per heavy atom. The largest absolute Gasteiger partial charge is 0.416 e. The number of nitrogens with one attached hydrogen (secondary N) is 2. The predicted octanol–water partition coefficient (Wildman–Crippen LogP) is 4.25. The minimum atomic E-state index is -4.43. The Labute approximate surface area is 154 Å². The van der Waals surface area contributed by atoms with Crippen LogP contribution in [-0.4, -0.2) is 17.9 Å². The summed E-state index contributed by atoms with van der Waals surface area (Å²) in [7, 11) is 0. The van der Waals surface area contributed by atoms with Crippen LogP contribution in [0.2, 0.25) is 0 Å². The van der Waals surface area contributed by atoms with Crippen LogP contribution in [0.4, 0.5) is 18.9 Å². The highest BCUT2D eigenvalue weighted by Crippen LogP contribution is 2.29. The zero-order chi connectivity index (χ0) is 19.4. The summed E-state index contributed by atoms with van der Waals surface area (Å²) in [5, 5.41) is 5.46. The molecule has 2 N–H and O–H groups in total. The molecule has 0 heterocycles. The van der Waals surface area contributed by atoms with Gasteiger partial charge in [0.2, 0.25) is 5.91 Å². The minimum absolute atomic E-state index is 0.153. The number of halogens is 3. The van der Waals surface area contributed by atoms with E-state index in [-0.39, 0.29) is 17.5 Å². The molecule has 0 saturated heterocycles. The highest BCUT2D eigenvalue weighted by atomic mass is 19.4. The molecule has 0 bridgehead atoms. The standard InChI is InChI=1S/C20H17F3N2O2/c21-20(22,23)15-3-1-2-13(12-15)4-11-18(26)24-16-7-5-14(6-8-16)19(27)25-17-9-10-17/h1-8,11-12,17H,9-10H2,(H,24,26)(H,25,27)/b11-4+. The van der Waals surface area contributed by atoms with Crippen molar-refractivity contribution in [2.24, 2.45) is 0 Å². The van der Waals surface area contributed by atoms with E-state index in [2.05, 4.69) is 10.6 Å². The van der Waals surface area contributed by atoms with Crippen molar-refractivity contribution in [3.05, 3.63) is 71.3 Å². The molecule has 27 heavy (non-hydrogen) atoms. The zero-order valence-corrected chi connectivity index (χ0v) is 14.2. The Morgan fingerprint density at radius 2 is 1.74 bits per heavy atom. The van der Waals surface area contributed by atoms with Gasteiger partial charge in [-0.15, -0.1) is 0 Å². The van der Waals surface area contributed by atoms with Gasteiger partial charge < -0.3 is 10.6 Å². The second-order valence-electron chi connectivity index (χ2n) is 6.27. The van der Waals surface area contributed by atoms with Crippen molar-refractivity contribution in [3.8, 4) is 0 Å². The number of carbonyl (C=O) groups is 2. The number of rotatable bonds is 5. The van der Waals surface area contributed by atoms with E-state index in [1.54, 1.807) is 24.3 Å². The lowest BCUT2D eigenvalue weighted by atomic mass is 10.1. The van der Waals surface area contributed by atoms with Crippen molar-refractivity contribution in [3.63, 3.8) is 0 Å². The molecule has 0 aromatic heterocycles. The van der Waals surface area contributed by atoms with Crippen molar-refractivity contribution < 1.29 is 22.8 Å². The van der Waals surface area contributed by atoms with Crippen LogP contribution in [-0.2, 0) is 11.0 Å². The quantitative estimate of drug-likeness (QED) is 0.769. The number of alkyl halides is 3. The van der Waals surface area contributed by atoms with Crippen molar-refractivity contribution in [2.75, 3.05) is 5.32 Å². The van der Waals surface area contributed by atoms with E-state index in [1.807, 2.05) is 0 Å². The SMILES string of the molecule is O=C(/C=C/c1cccc(C(F)(F)F)c1)Nc1ccc(C(=O)NC2CC2)cc1. The molecule has 1 saturated carbocycles. The second-order valence-corrected chi connectivity index (χ2v) is 6.27. The first-order chi connectivity index (χ1) is 12.8. The third-order valence-electron chi connectivity index (χ3n) is 3.97. The molecule has 0 atom stereocenters. The van der Waals surface area contributed by atoms with Gasteiger partial charge in [-0.1, -0.05) is 12.1 Å². The predicted molar refractivity (Wildman–Crippen MR) is 96.0 cm³/mol. The Bertz CT molecular complexity index is 870. The molecule has 140 valence electrons. The summed E-state index contributed by atoms with van der Waals surface area (Å²) in [4.78, 5) is 23.8. The maximum atomic E-state index is 12.7. The van der Waals surface area contributed by atoms with Gasteiger partial charge in [-0.2, -0.15) is 13.2 Å². The van der Waals surface area contributed by atoms with Gasteiger partial charge in [0.25, 0.3) is 5.91 Å². The Balaban J connectivity index is 1.58. The van der Waals surface area contributed by atoms with Crippen molar-refractivity contribution in [2.45, 2.75) is 25.1 Å². The molecule has 2 aromatic carbocycles. The molecule has 2 amide bonds. The number of hydrogen-bond donors (Lipinski definition) is 2. The zero-order valence-electron chi connectivity index (χ0n) is 14.2. The van der Waals surface area contributed by atoms with Gasteiger partial charge in [0.05, 0.1) is 5.56 Å². The molecule has 0 radical (unpaired) electrons. The Kier molecular flexibility index (Phi) is 5.30. The maximum absolute atomic E-state index is 12.7. The number of benzene rings is 2. The fourth-order valence-corrected chi connectivity index (χ4v) is 2.38. The van der Waals surface area contributed by atoms with E-state index < -0.39 is 17.6 Å². The summed E-state index contributed by atoms with van der Waals surface area (Å²) >= 11 is 0. The molecular weight excluding hydrogens is 357 g/mol. The molecule has 1 aliphatic carbocycles. The molecular formula is C20H17F3N2O2. The van der Waals surface area contributed by atoms with Crippen molar-refractivity contribution in [1.29, 1.82) is 0 Å². The second kappa shape index (κ2) is 7.65. The average molecular weight is 374 g/mol. The summed E-state index contributed by atoms with van der Waals surface area (Å²) in [5.41, 5.74) is 0.480. The molecule has 2 aromatic rings. The third kappa shape index (κ3) is 5.44. The maximum Gasteiger partial charge on any atom is 0.416 e. The fraction of sp³-hybridized carbons (Fsp3) is 0.200. The Morgan fingerprint density at radius 1 is 1.04 bits per heavy atom. The van der Waals surface area contributed by atoms with E-state index in [9.17, 15) is 22.8 Å². The van der Waals surface area contributed by atoms with Crippen LogP contribution < -0.4 is 10.6 Å². The van der Waals surface area contributed by atoms with Gasteiger partial charge >= 0.3 is 6.18 Å². The molecule has 0 unspecified atom stereocenters. The lowest BCUT2D eigenvalue weighted by molar-refractivity contribution is -0.137. The van der Waals surface area contributed by atoms with Gasteiger partial charge in [-0.05, 0) is 60.9 Å². The van der Waals surface area contributed by atoms with Gasteiger partial charge in [0.1, 0.15) is 0 Å². The van der Waals surface area contributed by atoms with Crippen molar-refractivity contribution in [1.82, 2.24) is 5.32 Å². The number of carbonyl (C=O) groups excluding carboxylic acids is 2. The summed E-state index contributed by atoms with van der Waals surface area (Å²) in [6.07, 6.45) is 0.0288. The molecule has 3 rings (SSSR count). The smallest absolute Gasteiger partial charge is 0.349 e. The number of amides is 2. The van der Waals surface area contributed by atoms with Crippen molar-refractivity contribution >= 4 is 23.6 Å². The fourth-order valence-electron chi connectivity index (χ4n) is 2.38. The normalized spacial score (nSPS) is 14.2. The first-order valence-electron chi connectivity index (χ1n) is 8.38. The van der Waals surface area contributed by atoms with E-state index in [0.717, 1.165) is 31.1 Å². The van der Waals surface area contributed by atoms with Crippen LogP contribution in [0.15, 0.2) is 54.6 Å². The molecule has 4 nitrogen and oxygen atoms in total. The van der Waals surface area contributed by atoms with Crippen LogP contribution in [0.3, 0.4) is 0 Å². The topological polar surface area (TPSA) is 58.2 Å². The van der Waals surface area contributed by atoms with Crippen LogP contribution >= 0.6 is 0 Å². The van der Waals surface area contributed by atoms with Crippen LogP contribution in [0.5, 0.6) is 0 Å². The van der Waals surface area contributed by atoms with E-state index in [1.165, 1.54) is 18.2 Å². The van der Waals surface area contributed by atoms with Crippen LogP contribution in [0.1, 0.15) is 34.3 Å². The van der Waals surface area contributed by atoms with Gasteiger partial charge in [0.15, 0.2) is 0 Å². The first-order valence-corrected chi connectivity index (χ1v) is 8.38. The summed E-state index contributed by atoms with van der Waals surface area (Å²) in [6, 6.07) is 11.4. The van der Waals surface area contributed by atoms with Gasteiger partial charge in [-0.3, -0.25) is 9.59 Å². The van der Waals surface area contributed by atoms with E-state index in [0.29, 0.717) is 11.3 Å². The Hall–Kier alpha value is -3.09. The first kappa shape index (κ1) is 18.7. The van der Waals surface area contributed by atoms with Crippen LogP contribution in [0, 0.1) is 0 Å². The third-order valence-corrected chi connectivity index (χ3v) is 3.97. The van der Waals surface area contributed by atoms with Crippen LogP contribution in [0.25, 0.3) is 6.08 Å². The number of hydrogen-bond acceptors (Lipinski definition) is 2.